The maximum atomic E-state index is 13.3. The minimum absolute atomic E-state index is 0.324. The molecule has 0 amide bonds. The molecule has 0 aliphatic heterocycles. The van der Waals surface area contributed by atoms with Gasteiger partial charge < -0.3 is 10.1 Å². The van der Waals surface area contributed by atoms with Gasteiger partial charge in [-0.2, -0.15) is 0 Å². The van der Waals surface area contributed by atoms with E-state index in [2.05, 4.69) is 28.2 Å². The van der Waals surface area contributed by atoms with Crippen LogP contribution in [0.3, 0.4) is 0 Å². The predicted octanol–water partition coefficient (Wildman–Crippen LogP) is 4.80. The third-order valence-electron chi connectivity index (χ3n) is 2.95. The Hall–Kier alpha value is -1.39. The van der Waals surface area contributed by atoms with Crippen LogP contribution in [0, 0.1) is 12.7 Å². The van der Waals surface area contributed by atoms with E-state index in [1.165, 1.54) is 17.7 Å². The van der Waals surface area contributed by atoms with E-state index in [0.29, 0.717) is 16.0 Å². The van der Waals surface area contributed by atoms with Gasteiger partial charge in [-0.15, -0.1) is 0 Å². The lowest BCUT2D eigenvalue weighted by atomic mass is 10.1. The van der Waals surface area contributed by atoms with Gasteiger partial charge in [0, 0.05) is 17.1 Å². The first kappa shape index (κ1) is 15.0. The number of nitrogens with one attached hydrogen (secondary N) is 1. The molecule has 0 aliphatic rings. The summed E-state index contributed by atoms with van der Waals surface area (Å²) in [4.78, 5) is 0. The van der Waals surface area contributed by atoms with E-state index in [9.17, 15) is 4.39 Å². The normalized spacial score (nSPS) is 10.6. The molecule has 106 valence electrons. The Kier molecular flexibility index (Phi) is 5.15. The standard InChI is InChI=1S/C16H17BrFNO/c1-3-19-10-12-4-5-15(6-11(12)2)20-16-8-13(17)7-14(18)9-16/h4-9,19H,3,10H2,1-2H3. The summed E-state index contributed by atoms with van der Waals surface area (Å²) in [6.45, 7) is 5.90. The maximum absolute atomic E-state index is 13.3. The molecule has 0 bridgehead atoms. The highest BCUT2D eigenvalue weighted by atomic mass is 79.9. The smallest absolute Gasteiger partial charge is 0.131 e. The Morgan fingerprint density at radius 1 is 1.15 bits per heavy atom. The van der Waals surface area contributed by atoms with Crippen molar-refractivity contribution in [3.05, 3.63) is 57.8 Å². The van der Waals surface area contributed by atoms with Crippen LogP contribution in [0.5, 0.6) is 11.5 Å². The van der Waals surface area contributed by atoms with E-state index in [-0.39, 0.29) is 5.82 Å². The zero-order valence-corrected chi connectivity index (χ0v) is 13.1. The molecule has 0 saturated carbocycles. The molecule has 0 aromatic heterocycles. The molecular weight excluding hydrogens is 321 g/mol. The SMILES string of the molecule is CCNCc1ccc(Oc2cc(F)cc(Br)c2)cc1C. The number of halogens is 2. The van der Waals surface area contributed by atoms with Crippen molar-refractivity contribution in [1.82, 2.24) is 5.32 Å². The molecule has 0 fully saturated rings. The number of aryl methyl sites for hydroxylation is 1. The number of benzene rings is 2. The van der Waals surface area contributed by atoms with Crippen molar-refractivity contribution in [2.45, 2.75) is 20.4 Å². The monoisotopic (exact) mass is 337 g/mol. The summed E-state index contributed by atoms with van der Waals surface area (Å²) in [5.41, 5.74) is 2.39. The highest BCUT2D eigenvalue weighted by Gasteiger charge is 2.04. The molecule has 2 rings (SSSR count). The summed E-state index contributed by atoms with van der Waals surface area (Å²) >= 11 is 3.25. The minimum atomic E-state index is -0.324. The molecule has 4 heteroatoms. The van der Waals surface area contributed by atoms with Crippen LogP contribution in [0.1, 0.15) is 18.1 Å². The Morgan fingerprint density at radius 3 is 2.60 bits per heavy atom. The van der Waals surface area contributed by atoms with E-state index in [4.69, 9.17) is 4.74 Å². The third-order valence-corrected chi connectivity index (χ3v) is 3.41. The molecule has 2 nitrogen and oxygen atoms in total. The molecule has 1 N–H and O–H groups in total. The van der Waals surface area contributed by atoms with Crippen LogP contribution in [0.25, 0.3) is 0 Å². The minimum Gasteiger partial charge on any atom is -0.457 e. The molecule has 0 atom stereocenters. The van der Waals surface area contributed by atoms with Gasteiger partial charge in [0.15, 0.2) is 0 Å². The van der Waals surface area contributed by atoms with Gasteiger partial charge in [-0.1, -0.05) is 28.9 Å². The molecule has 0 unspecified atom stereocenters. The first-order valence-corrected chi connectivity index (χ1v) is 7.32. The highest BCUT2D eigenvalue weighted by molar-refractivity contribution is 9.10. The zero-order valence-electron chi connectivity index (χ0n) is 11.5. The average molecular weight is 338 g/mol. The summed E-state index contributed by atoms with van der Waals surface area (Å²) in [5, 5.41) is 3.29. The Balaban J connectivity index is 2.15. The quantitative estimate of drug-likeness (QED) is 0.846. The predicted molar refractivity (Wildman–Crippen MR) is 82.7 cm³/mol. The second-order valence-electron chi connectivity index (χ2n) is 4.58. The van der Waals surface area contributed by atoms with E-state index in [0.717, 1.165) is 18.7 Å². The molecule has 2 aromatic rings. The summed E-state index contributed by atoms with van der Waals surface area (Å²) in [7, 11) is 0. The van der Waals surface area contributed by atoms with E-state index in [1.54, 1.807) is 6.07 Å². The molecular formula is C16H17BrFNO. The first-order valence-electron chi connectivity index (χ1n) is 6.52. The van der Waals surface area contributed by atoms with E-state index >= 15 is 0 Å². The molecule has 0 saturated heterocycles. The van der Waals surface area contributed by atoms with Gasteiger partial charge in [0.1, 0.15) is 17.3 Å². The van der Waals surface area contributed by atoms with Gasteiger partial charge in [0.05, 0.1) is 0 Å². The van der Waals surface area contributed by atoms with Gasteiger partial charge in [0.25, 0.3) is 0 Å². The summed E-state index contributed by atoms with van der Waals surface area (Å²) in [5.74, 6) is 0.866. The van der Waals surface area contributed by atoms with Crippen molar-refractivity contribution in [3.8, 4) is 11.5 Å². The maximum Gasteiger partial charge on any atom is 0.131 e. The first-order chi connectivity index (χ1) is 9.58. The molecule has 0 heterocycles. The van der Waals surface area contributed by atoms with Gasteiger partial charge in [-0.25, -0.2) is 4.39 Å². The van der Waals surface area contributed by atoms with Crippen LogP contribution in [0.2, 0.25) is 0 Å². The molecule has 20 heavy (non-hydrogen) atoms. The zero-order chi connectivity index (χ0) is 14.5. The van der Waals surface area contributed by atoms with Crippen LogP contribution in [0.15, 0.2) is 40.9 Å². The topological polar surface area (TPSA) is 21.3 Å². The van der Waals surface area contributed by atoms with Crippen molar-refractivity contribution in [1.29, 1.82) is 0 Å². The Morgan fingerprint density at radius 2 is 1.95 bits per heavy atom. The molecule has 0 spiro atoms. The van der Waals surface area contributed by atoms with Crippen molar-refractivity contribution in [2.24, 2.45) is 0 Å². The lowest BCUT2D eigenvalue weighted by molar-refractivity contribution is 0.475. The van der Waals surface area contributed by atoms with Crippen LogP contribution in [0.4, 0.5) is 4.39 Å². The van der Waals surface area contributed by atoms with E-state index < -0.39 is 0 Å². The Bertz CT molecular complexity index is 581. The average Bonchev–Trinajstić information content (AvgIpc) is 2.36. The summed E-state index contributed by atoms with van der Waals surface area (Å²) in [6, 6.07) is 10.4. The fourth-order valence-electron chi connectivity index (χ4n) is 1.91. The van der Waals surface area contributed by atoms with Gasteiger partial charge >= 0.3 is 0 Å². The Labute approximate surface area is 127 Å². The fraction of sp³-hybridized carbons (Fsp3) is 0.250. The summed E-state index contributed by atoms with van der Waals surface area (Å²) in [6.07, 6.45) is 0. The molecule has 0 aliphatic carbocycles. The highest BCUT2D eigenvalue weighted by Crippen LogP contribution is 2.27. The van der Waals surface area contributed by atoms with Crippen molar-refractivity contribution < 1.29 is 9.13 Å². The van der Waals surface area contributed by atoms with Crippen molar-refractivity contribution >= 4 is 15.9 Å². The van der Waals surface area contributed by atoms with Crippen molar-refractivity contribution in [2.75, 3.05) is 6.54 Å². The largest absolute Gasteiger partial charge is 0.457 e. The number of ether oxygens (including phenoxy) is 1. The van der Waals surface area contributed by atoms with Crippen LogP contribution >= 0.6 is 15.9 Å². The molecule has 2 aromatic carbocycles. The third kappa shape index (κ3) is 4.05. The molecule has 0 radical (unpaired) electrons. The second kappa shape index (κ2) is 6.86. The second-order valence-corrected chi connectivity index (χ2v) is 5.49. The van der Waals surface area contributed by atoms with Gasteiger partial charge in [-0.05, 0) is 48.9 Å². The lowest BCUT2D eigenvalue weighted by Crippen LogP contribution is -2.12. The van der Waals surface area contributed by atoms with Gasteiger partial charge in [-0.3, -0.25) is 0 Å². The number of hydrogen-bond acceptors (Lipinski definition) is 2. The fourth-order valence-corrected chi connectivity index (χ4v) is 2.36. The van der Waals surface area contributed by atoms with Gasteiger partial charge in [0.2, 0.25) is 0 Å². The summed E-state index contributed by atoms with van der Waals surface area (Å²) < 4.78 is 19.6. The van der Waals surface area contributed by atoms with Crippen LogP contribution in [-0.2, 0) is 6.54 Å². The number of hydrogen-bond donors (Lipinski definition) is 1. The number of rotatable bonds is 5. The van der Waals surface area contributed by atoms with E-state index in [1.807, 2.05) is 25.1 Å². The van der Waals surface area contributed by atoms with Crippen LogP contribution in [-0.4, -0.2) is 6.54 Å². The van der Waals surface area contributed by atoms with Crippen molar-refractivity contribution in [3.63, 3.8) is 0 Å². The lowest BCUT2D eigenvalue weighted by Gasteiger charge is -2.10. The van der Waals surface area contributed by atoms with Crippen LogP contribution < -0.4 is 10.1 Å².